The Morgan fingerprint density at radius 1 is 1.11 bits per heavy atom. The summed E-state index contributed by atoms with van der Waals surface area (Å²) in [4.78, 5) is 24.9. The van der Waals surface area contributed by atoms with Crippen molar-refractivity contribution in [1.29, 1.82) is 0 Å². The van der Waals surface area contributed by atoms with Crippen molar-refractivity contribution in [3.8, 4) is 0 Å². The zero-order valence-electron chi connectivity index (χ0n) is 11.1. The number of nitrogens with zero attached hydrogens (tertiary/aromatic N) is 2. The van der Waals surface area contributed by atoms with Crippen molar-refractivity contribution in [2.45, 2.75) is 20.5 Å². The van der Waals surface area contributed by atoms with Crippen LogP contribution in [0, 0.1) is 6.92 Å². The quantitative estimate of drug-likeness (QED) is 0.901. The third-order valence-electron chi connectivity index (χ3n) is 2.98. The third-order valence-corrected chi connectivity index (χ3v) is 2.98. The van der Waals surface area contributed by atoms with Crippen LogP contribution >= 0.6 is 0 Å². The van der Waals surface area contributed by atoms with Gasteiger partial charge < -0.3 is 4.90 Å². The molecule has 5 heteroatoms. The third kappa shape index (κ3) is 3.13. The lowest BCUT2D eigenvalue weighted by molar-refractivity contribution is 0.547. The highest BCUT2D eigenvalue weighted by atomic mass is 16.2. The van der Waals surface area contributed by atoms with Crippen LogP contribution in [0.25, 0.3) is 0 Å². The van der Waals surface area contributed by atoms with E-state index in [0.29, 0.717) is 6.67 Å². The Balaban J connectivity index is 2.28. The van der Waals surface area contributed by atoms with E-state index >= 15 is 0 Å². The van der Waals surface area contributed by atoms with Crippen LogP contribution < -0.4 is 16.0 Å². The monoisotopic (exact) mass is 259 g/mol. The van der Waals surface area contributed by atoms with Gasteiger partial charge in [-0.3, -0.25) is 14.7 Å². The Bertz CT molecular complexity index is 655. The summed E-state index contributed by atoms with van der Waals surface area (Å²) in [5.41, 5.74) is 1.71. The van der Waals surface area contributed by atoms with Crippen molar-refractivity contribution in [3.63, 3.8) is 0 Å². The van der Waals surface area contributed by atoms with Crippen LogP contribution in [0.1, 0.15) is 12.5 Å². The first-order valence-corrected chi connectivity index (χ1v) is 6.22. The van der Waals surface area contributed by atoms with Crippen molar-refractivity contribution < 1.29 is 0 Å². The Morgan fingerprint density at radius 2 is 1.79 bits per heavy atom. The Labute approximate surface area is 111 Å². The first kappa shape index (κ1) is 13.1. The van der Waals surface area contributed by atoms with Gasteiger partial charge in [0.15, 0.2) is 0 Å². The molecule has 0 saturated heterocycles. The molecule has 1 heterocycles. The maximum atomic E-state index is 11.7. The van der Waals surface area contributed by atoms with Crippen LogP contribution in [0.15, 0.2) is 46.0 Å². The Morgan fingerprint density at radius 3 is 2.42 bits per heavy atom. The molecular weight excluding hydrogens is 242 g/mol. The molecular formula is C14H17N3O2. The van der Waals surface area contributed by atoms with E-state index < -0.39 is 0 Å². The molecule has 19 heavy (non-hydrogen) atoms. The van der Waals surface area contributed by atoms with E-state index in [1.54, 1.807) is 0 Å². The molecule has 0 amide bonds. The van der Waals surface area contributed by atoms with Crippen LogP contribution in [-0.4, -0.2) is 16.3 Å². The molecule has 5 nitrogen and oxygen atoms in total. The van der Waals surface area contributed by atoms with Crippen molar-refractivity contribution in [1.82, 2.24) is 9.78 Å². The Kier molecular flexibility index (Phi) is 3.85. The van der Waals surface area contributed by atoms with Crippen molar-refractivity contribution in [2.75, 3.05) is 11.4 Å². The van der Waals surface area contributed by atoms with Crippen LogP contribution in [0.5, 0.6) is 0 Å². The standard InChI is InChI=1S/C14H17N3O2/c1-3-16(12-6-4-11(2)5-7-12)10-17-14(19)9-8-13(18)15-17/h4-9H,3,10H2,1-2H3,(H,15,18). The molecule has 0 aliphatic rings. The van der Waals surface area contributed by atoms with Gasteiger partial charge in [-0.2, -0.15) is 0 Å². The van der Waals surface area contributed by atoms with Gasteiger partial charge in [0.1, 0.15) is 6.67 Å². The van der Waals surface area contributed by atoms with Gasteiger partial charge in [0.2, 0.25) is 0 Å². The smallest absolute Gasteiger partial charge is 0.266 e. The molecule has 0 aliphatic heterocycles. The second-order valence-electron chi connectivity index (χ2n) is 4.41. The summed E-state index contributed by atoms with van der Waals surface area (Å²) in [6.45, 7) is 5.10. The molecule has 100 valence electrons. The number of anilines is 1. The van der Waals surface area contributed by atoms with Crippen LogP contribution in [0.2, 0.25) is 0 Å². The second-order valence-corrected chi connectivity index (χ2v) is 4.41. The van der Waals surface area contributed by atoms with Crippen molar-refractivity contribution >= 4 is 5.69 Å². The summed E-state index contributed by atoms with van der Waals surface area (Å²) in [6.07, 6.45) is 0. The zero-order valence-corrected chi connectivity index (χ0v) is 11.1. The number of H-pyrrole nitrogens is 1. The number of benzene rings is 1. The maximum absolute atomic E-state index is 11.7. The largest absolute Gasteiger partial charge is 0.352 e. The lowest BCUT2D eigenvalue weighted by Crippen LogP contribution is -2.36. The van der Waals surface area contributed by atoms with Crippen LogP contribution in [-0.2, 0) is 6.67 Å². The number of aromatic amines is 1. The maximum Gasteiger partial charge on any atom is 0.266 e. The molecule has 0 unspecified atom stereocenters. The van der Waals surface area contributed by atoms with E-state index in [4.69, 9.17) is 0 Å². The summed E-state index contributed by atoms with van der Waals surface area (Å²) >= 11 is 0. The molecule has 0 bridgehead atoms. The van der Waals surface area contributed by atoms with Gasteiger partial charge >= 0.3 is 0 Å². The number of aromatic nitrogens is 2. The summed E-state index contributed by atoms with van der Waals surface area (Å²) in [6, 6.07) is 10.6. The van der Waals surface area contributed by atoms with Gasteiger partial charge in [-0.1, -0.05) is 17.7 Å². The summed E-state index contributed by atoms with van der Waals surface area (Å²) in [5.74, 6) is 0. The minimum atomic E-state index is -0.278. The van der Waals surface area contributed by atoms with Crippen LogP contribution in [0.4, 0.5) is 5.69 Å². The summed E-state index contributed by atoms with van der Waals surface area (Å²) in [5, 5.41) is 2.53. The van der Waals surface area contributed by atoms with Gasteiger partial charge in [-0.25, -0.2) is 4.68 Å². The van der Waals surface area contributed by atoms with Gasteiger partial charge in [0.05, 0.1) is 0 Å². The molecule has 0 radical (unpaired) electrons. The zero-order chi connectivity index (χ0) is 13.8. The number of rotatable bonds is 4. The highest BCUT2D eigenvalue weighted by Gasteiger charge is 2.06. The van der Waals surface area contributed by atoms with E-state index in [1.807, 2.05) is 43.0 Å². The van der Waals surface area contributed by atoms with E-state index in [0.717, 1.165) is 12.2 Å². The average Bonchev–Trinajstić information content (AvgIpc) is 2.41. The van der Waals surface area contributed by atoms with Gasteiger partial charge in [-0.15, -0.1) is 0 Å². The highest BCUT2D eigenvalue weighted by Crippen LogP contribution is 2.14. The molecule has 0 aliphatic carbocycles. The fourth-order valence-electron chi connectivity index (χ4n) is 1.86. The average molecular weight is 259 g/mol. The molecule has 0 atom stereocenters. The molecule has 1 aromatic heterocycles. The highest BCUT2D eigenvalue weighted by molar-refractivity contribution is 5.46. The molecule has 2 aromatic rings. The lowest BCUT2D eigenvalue weighted by atomic mass is 10.2. The number of nitrogens with one attached hydrogen (secondary N) is 1. The normalized spacial score (nSPS) is 10.4. The summed E-state index contributed by atoms with van der Waals surface area (Å²) < 4.78 is 1.31. The fourth-order valence-corrected chi connectivity index (χ4v) is 1.86. The fraction of sp³-hybridized carbons (Fsp3) is 0.286. The SMILES string of the molecule is CCN(Cn1[nH]c(=O)ccc1=O)c1ccc(C)cc1. The van der Waals surface area contributed by atoms with Gasteiger partial charge in [0, 0.05) is 24.4 Å². The van der Waals surface area contributed by atoms with E-state index in [1.165, 1.54) is 22.4 Å². The molecule has 1 aromatic carbocycles. The number of hydrogen-bond acceptors (Lipinski definition) is 3. The first-order valence-electron chi connectivity index (χ1n) is 6.22. The minimum Gasteiger partial charge on any atom is -0.352 e. The predicted molar refractivity (Wildman–Crippen MR) is 75.5 cm³/mol. The van der Waals surface area contributed by atoms with E-state index in [9.17, 15) is 9.59 Å². The van der Waals surface area contributed by atoms with E-state index in [-0.39, 0.29) is 11.1 Å². The van der Waals surface area contributed by atoms with Gasteiger partial charge in [0.25, 0.3) is 11.1 Å². The van der Waals surface area contributed by atoms with Crippen LogP contribution in [0.3, 0.4) is 0 Å². The minimum absolute atomic E-state index is 0.217. The second kappa shape index (κ2) is 5.56. The summed E-state index contributed by atoms with van der Waals surface area (Å²) in [7, 11) is 0. The lowest BCUT2D eigenvalue weighted by Gasteiger charge is -2.23. The van der Waals surface area contributed by atoms with E-state index in [2.05, 4.69) is 5.10 Å². The molecule has 1 N–H and O–H groups in total. The molecule has 0 spiro atoms. The number of aryl methyl sites for hydroxylation is 1. The molecule has 0 fully saturated rings. The molecule has 0 saturated carbocycles. The number of hydrogen-bond donors (Lipinski definition) is 1. The topological polar surface area (TPSA) is 58.1 Å². The Hall–Kier alpha value is -2.30. The molecule has 2 rings (SSSR count). The van der Waals surface area contributed by atoms with Crippen molar-refractivity contribution in [3.05, 3.63) is 62.7 Å². The predicted octanol–water partition coefficient (Wildman–Crippen LogP) is 1.33. The van der Waals surface area contributed by atoms with Crippen molar-refractivity contribution in [2.24, 2.45) is 0 Å². The van der Waals surface area contributed by atoms with Gasteiger partial charge in [-0.05, 0) is 26.0 Å². The first-order chi connectivity index (χ1) is 9.10.